The number of nitrogens with zero attached hydrogens (tertiary/aromatic N) is 3. The lowest BCUT2D eigenvalue weighted by molar-refractivity contribution is -0.143. The second kappa shape index (κ2) is 9.00. The van der Waals surface area contributed by atoms with Crippen LogP contribution < -0.4 is 0 Å². The summed E-state index contributed by atoms with van der Waals surface area (Å²) in [6.45, 7) is 5.38. The van der Waals surface area contributed by atoms with Crippen LogP contribution >= 0.6 is 0 Å². The van der Waals surface area contributed by atoms with Crippen LogP contribution in [0.15, 0.2) is 54.6 Å². The normalized spacial score (nSPS) is 23.9. The van der Waals surface area contributed by atoms with Gasteiger partial charge in [0, 0.05) is 38.6 Å². The number of likely N-dealkylation sites (tertiary alicyclic amines) is 3. The van der Waals surface area contributed by atoms with Crippen molar-refractivity contribution in [2.45, 2.75) is 45.1 Å². The van der Waals surface area contributed by atoms with Crippen molar-refractivity contribution in [2.24, 2.45) is 5.41 Å². The fourth-order valence-electron chi connectivity index (χ4n) is 6.81. The molecule has 3 aromatic carbocycles. The van der Waals surface area contributed by atoms with Crippen LogP contribution in [0.2, 0.25) is 0 Å². The van der Waals surface area contributed by atoms with Gasteiger partial charge in [-0.2, -0.15) is 0 Å². The van der Waals surface area contributed by atoms with E-state index < -0.39 is 5.41 Å². The zero-order valence-corrected chi connectivity index (χ0v) is 20.9. The first-order valence-corrected chi connectivity index (χ1v) is 13.3. The molecule has 3 aromatic rings. The Kier molecular flexibility index (Phi) is 5.79. The number of rotatable bonds is 3. The number of imide groups is 1. The van der Waals surface area contributed by atoms with Gasteiger partial charge in [0.25, 0.3) is 5.91 Å². The third-order valence-corrected chi connectivity index (χ3v) is 8.67. The minimum atomic E-state index is -0.542. The number of benzene rings is 3. The Hall–Kier alpha value is -3.25. The molecule has 1 unspecified atom stereocenters. The molecule has 0 saturated carbocycles. The van der Waals surface area contributed by atoms with E-state index in [1.165, 1.54) is 4.90 Å². The Labute approximate surface area is 211 Å². The zero-order valence-electron chi connectivity index (χ0n) is 20.9. The van der Waals surface area contributed by atoms with Crippen LogP contribution in [0, 0.1) is 5.41 Å². The molecule has 3 heterocycles. The van der Waals surface area contributed by atoms with Crippen molar-refractivity contribution in [3.63, 3.8) is 0 Å². The Balaban J connectivity index is 1.20. The molecule has 186 valence electrons. The van der Waals surface area contributed by atoms with Crippen LogP contribution in [0.3, 0.4) is 0 Å². The molecule has 0 aromatic heterocycles. The summed E-state index contributed by atoms with van der Waals surface area (Å²) in [5.74, 6) is 0.106. The molecule has 6 nitrogen and oxygen atoms in total. The first-order valence-electron chi connectivity index (χ1n) is 13.3. The molecule has 3 aliphatic heterocycles. The molecule has 3 fully saturated rings. The molecule has 1 spiro atoms. The number of piperidine rings is 2. The van der Waals surface area contributed by atoms with E-state index in [9.17, 15) is 14.4 Å². The third kappa shape index (κ3) is 3.70. The second-order valence-electron chi connectivity index (χ2n) is 10.7. The number of hydrogen-bond acceptors (Lipinski definition) is 4. The summed E-state index contributed by atoms with van der Waals surface area (Å²) in [4.78, 5) is 45.3. The minimum Gasteiger partial charge on any atom is -0.338 e. The van der Waals surface area contributed by atoms with Gasteiger partial charge >= 0.3 is 0 Å². The molecule has 0 radical (unpaired) electrons. The van der Waals surface area contributed by atoms with Crippen LogP contribution in [0.4, 0.5) is 0 Å². The van der Waals surface area contributed by atoms with Crippen LogP contribution in [-0.4, -0.2) is 71.2 Å². The molecule has 6 rings (SSSR count). The highest BCUT2D eigenvalue weighted by Gasteiger charge is 2.53. The molecule has 0 N–H and O–H groups in total. The summed E-state index contributed by atoms with van der Waals surface area (Å²) >= 11 is 0. The molecular formula is C30H33N3O3. The van der Waals surface area contributed by atoms with Crippen LogP contribution in [0.5, 0.6) is 0 Å². The number of hydrogen-bond donors (Lipinski definition) is 0. The maximum Gasteiger partial charge on any atom is 0.255 e. The van der Waals surface area contributed by atoms with Gasteiger partial charge in [-0.15, -0.1) is 0 Å². The van der Waals surface area contributed by atoms with E-state index >= 15 is 0 Å². The van der Waals surface area contributed by atoms with Crippen molar-refractivity contribution >= 4 is 39.3 Å². The van der Waals surface area contributed by atoms with Crippen molar-refractivity contribution in [1.82, 2.24) is 14.7 Å². The standard InChI is InChI=1S/C30H33N3O3/c1-2-33-26(34)19-30(29(33)36)14-7-15-32(20-30)23-12-16-31(17-13-23)28(35)27-24-10-5-3-8-21(24)18-22-9-4-6-11-25(22)27/h3-6,8-11,18,23H,2,7,12-17,19-20H2,1H3. The van der Waals surface area contributed by atoms with Gasteiger partial charge in [-0.25, -0.2) is 0 Å². The van der Waals surface area contributed by atoms with E-state index in [4.69, 9.17) is 0 Å². The number of carbonyl (C=O) groups excluding carboxylic acids is 3. The van der Waals surface area contributed by atoms with Gasteiger partial charge in [0.2, 0.25) is 11.8 Å². The second-order valence-corrected chi connectivity index (χ2v) is 10.7. The fourth-order valence-corrected chi connectivity index (χ4v) is 6.81. The average molecular weight is 484 g/mol. The fraction of sp³-hybridized carbons (Fsp3) is 0.433. The van der Waals surface area contributed by atoms with E-state index in [0.29, 0.717) is 38.6 Å². The maximum atomic E-state index is 13.9. The van der Waals surface area contributed by atoms with Crippen molar-refractivity contribution in [3.8, 4) is 0 Å². The molecule has 1 atom stereocenters. The predicted octanol–water partition coefficient (Wildman–Crippen LogP) is 4.46. The van der Waals surface area contributed by atoms with E-state index in [0.717, 1.165) is 59.3 Å². The summed E-state index contributed by atoms with van der Waals surface area (Å²) in [6.07, 6.45) is 3.88. The monoisotopic (exact) mass is 483 g/mol. The largest absolute Gasteiger partial charge is 0.338 e. The quantitative estimate of drug-likeness (QED) is 0.408. The van der Waals surface area contributed by atoms with Crippen molar-refractivity contribution < 1.29 is 14.4 Å². The van der Waals surface area contributed by atoms with Crippen molar-refractivity contribution in [2.75, 3.05) is 32.7 Å². The van der Waals surface area contributed by atoms with E-state index in [-0.39, 0.29) is 17.7 Å². The lowest BCUT2D eigenvalue weighted by atomic mass is 9.77. The topological polar surface area (TPSA) is 60.9 Å². The lowest BCUT2D eigenvalue weighted by Crippen LogP contribution is -2.54. The van der Waals surface area contributed by atoms with Gasteiger partial charge in [0.15, 0.2) is 0 Å². The average Bonchev–Trinajstić information content (AvgIpc) is 3.14. The number of fused-ring (bicyclic) bond motifs is 2. The highest BCUT2D eigenvalue weighted by Crippen LogP contribution is 2.42. The molecule has 6 heteroatoms. The highest BCUT2D eigenvalue weighted by molar-refractivity contribution is 6.18. The molecule has 0 aliphatic carbocycles. The van der Waals surface area contributed by atoms with Gasteiger partial charge in [-0.1, -0.05) is 48.5 Å². The summed E-state index contributed by atoms with van der Waals surface area (Å²) in [7, 11) is 0. The molecule has 3 saturated heterocycles. The summed E-state index contributed by atoms with van der Waals surface area (Å²) in [5.41, 5.74) is 0.258. The van der Waals surface area contributed by atoms with E-state index in [1.807, 2.05) is 36.1 Å². The first-order chi connectivity index (χ1) is 17.5. The van der Waals surface area contributed by atoms with Crippen LogP contribution in [0.1, 0.15) is 49.4 Å². The van der Waals surface area contributed by atoms with E-state index in [2.05, 4.69) is 35.2 Å². The van der Waals surface area contributed by atoms with E-state index in [1.54, 1.807) is 0 Å². The van der Waals surface area contributed by atoms with Crippen molar-refractivity contribution in [1.29, 1.82) is 0 Å². The lowest BCUT2D eigenvalue weighted by Gasteiger charge is -2.45. The molecule has 3 amide bonds. The van der Waals surface area contributed by atoms with Gasteiger partial charge in [0.1, 0.15) is 0 Å². The number of amides is 3. The summed E-state index contributed by atoms with van der Waals surface area (Å²) in [6, 6.07) is 18.8. The Morgan fingerprint density at radius 2 is 1.58 bits per heavy atom. The molecule has 3 aliphatic rings. The third-order valence-electron chi connectivity index (χ3n) is 8.67. The maximum absolute atomic E-state index is 13.9. The predicted molar refractivity (Wildman–Crippen MR) is 141 cm³/mol. The molecule has 0 bridgehead atoms. The first kappa shape index (κ1) is 23.2. The SMILES string of the molecule is CCN1C(=O)CC2(CCCN(C3CCN(C(=O)c4c5ccccc5cc5ccccc45)CC3)C2)C1=O. The smallest absolute Gasteiger partial charge is 0.255 e. The van der Waals surface area contributed by atoms with Crippen LogP contribution in [0.25, 0.3) is 21.5 Å². The summed E-state index contributed by atoms with van der Waals surface area (Å²) < 4.78 is 0. The zero-order chi connectivity index (χ0) is 24.9. The van der Waals surface area contributed by atoms with Crippen molar-refractivity contribution in [3.05, 3.63) is 60.2 Å². The van der Waals surface area contributed by atoms with Gasteiger partial charge in [-0.3, -0.25) is 24.2 Å². The highest BCUT2D eigenvalue weighted by atomic mass is 16.2. The summed E-state index contributed by atoms with van der Waals surface area (Å²) in [5, 5.41) is 4.19. The van der Waals surface area contributed by atoms with Gasteiger partial charge < -0.3 is 4.90 Å². The Morgan fingerprint density at radius 3 is 2.19 bits per heavy atom. The molecular weight excluding hydrogens is 450 g/mol. The van der Waals surface area contributed by atoms with Gasteiger partial charge in [0.05, 0.1) is 11.0 Å². The Morgan fingerprint density at radius 1 is 0.944 bits per heavy atom. The number of carbonyl (C=O) groups is 3. The van der Waals surface area contributed by atoms with Gasteiger partial charge in [-0.05, 0) is 66.8 Å². The minimum absolute atomic E-state index is 0.0212. The molecule has 36 heavy (non-hydrogen) atoms. The van der Waals surface area contributed by atoms with Crippen LogP contribution in [-0.2, 0) is 9.59 Å². The Bertz CT molecular complexity index is 1310.